The average Bonchev–Trinajstić information content (AvgIpc) is 2.16. The molecule has 1 atom stereocenters. The molecule has 0 aromatic rings. The summed E-state index contributed by atoms with van der Waals surface area (Å²) in [5.74, 6) is -1.18. The van der Waals surface area contributed by atoms with Gasteiger partial charge in [-0.3, -0.25) is 0 Å². The Kier molecular flexibility index (Phi) is 4.03. The van der Waals surface area contributed by atoms with Gasteiger partial charge in [0.2, 0.25) is 10.3 Å². The second-order valence-electron chi connectivity index (χ2n) is 3.49. The fraction of sp³-hybridized carbons (Fsp3) is 0.400. The summed E-state index contributed by atoms with van der Waals surface area (Å²) in [6, 6.07) is 0. The van der Waals surface area contributed by atoms with Crippen molar-refractivity contribution in [2.24, 2.45) is 0 Å². The van der Waals surface area contributed by atoms with E-state index >= 15 is 0 Å². The van der Waals surface area contributed by atoms with Gasteiger partial charge in [0, 0.05) is 0 Å². The molecule has 0 heterocycles. The zero-order chi connectivity index (χ0) is 12.3. The second kappa shape index (κ2) is 5.09. The Hall–Kier alpha value is -1.40. The normalized spacial score (nSPS) is 19.8. The zero-order valence-corrected chi connectivity index (χ0v) is 9.69. The molecule has 1 unspecified atom stereocenters. The molecule has 1 rings (SSSR count). The van der Waals surface area contributed by atoms with Crippen LogP contribution in [0.25, 0.3) is 0 Å². The molecule has 1 N–H and O–H groups in total. The number of carbonyl (C=O) groups is 1. The summed E-state index contributed by atoms with van der Waals surface area (Å²) < 4.78 is 27.2. The SMILES string of the molecule is CC(C)OC1C(C(=O)O)=CC=CC1=S(=O)=O. The van der Waals surface area contributed by atoms with Gasteiger partial charge in [-0.05, 0) is 26.0 Å². The number of allylic oxidation sites excluding steroid dienone is 2. The predicted octanol–water partition coefficient (Wildman–Crippen LogP) is 0.412. The van der Waals surface area contributed by atoms with Crippen LogP contribution in [0.1, 0.15) is 13.8 Å². The van der Waals surface area contributed by atoms with E-state index in [4.69, 9.17) is 9.84 Å². The molecule has 0 amide bonds. The van der Waals surface area contributed by atoms with E-state index in [1.165, 1.54) is 18.2 Å². The molecular weight excluding hydrogens is 232 g/mol. The first-order valence-corrected chi connectivity index (χ1v) is 5.74. The van der Waals surface area contributed by atoms with Crippen LogP contribution in [0.5, 0.6) is 0 Å². The molecule has 5 nitrogen and oxygen atoms in total. The molecule has 16 heavy (non-hydrogen) atoms. The van der Waals surface area contributed by atoms with Crippen molar-refractivity contribution in [2.45, 2.75) is 26.1 Å². The summed E-state index contributed by atoms with van der Waals surface area (Å²) in [6.07, 6.45) is 2.77. The van der Waals surface area contributed by atoms with E-state index in [2.05, 4.69) is 0 Å². The number of hydrogen-bond donors (Lipinski definition) is 1. The van der Waals surface area contributed by atoms with Crippen LogP contribution in [0.3, 0.4) is 0 Å². The number of hydrogen-bond acceptors (Lipinski definition) is 4. The Bertz CT molecular complexity index is 473. The van der Waals surface area contributed by atoms with Crippen LogP contribution in [0, 0.1) is 0 Å². The van der Waals surface area contributed by atoms with Gasteiger partial charge in [0.05, 0.1) is 11.7 Å². The molecule has 0 aliphatic heterocycles. The minimum atomic E-state index is -2.49. The first-order chi connectivity index (χ1) is 7.43. The third-order valence-electron chi connectivity index (χ3n) is 1.92. The summed E-state index contributed by atoms with van der Waals surface area (Å²) >= 11 is 0. The molecule has 1 aliphatic rings. The van der Waals surface area contributed by atoms with Crippen LogP contribution in [-0.4, -0.2) is 36.6 Å². The van der Waals surface area contributed by atoms with Gasteiger partial charge in [0.1, 0.15) is 11.0 Å². The van der Waals surface area contributed by atoms with Gasteiger partial charge in [-0.1, -0.05) is 6.08 Å². The molecule has 88 valence electrons. The van der Waals surface area contributed by atoms with E-state index in [1.54, 1.807) is 13.8 Å². The van der Waals surface area contributed by atoms with Gasteiger partial charge < -0.3 is 9.84 Å². The highest BCUT2D eigenvalue weighted by atomic mass is 32.2. The lowest BCUT2D eigenvalue weighted by Crippen LogP contribution is -2.33. The van der Waals surface area contributed by atoms with Crippen molar-refractivity contribution in [2.75, 3.05) is 0 Å². The number of ether oxygens (including phenoxy) is 1. The Morgan fingerprint density at radius 3 is 2.56 bits per heavy atom. The number of aliphatic carboxylic acids is 1. The van der Waals surface area contributed by atoms with Crippen molar-refractivity contribution < 1.29 is 23.1 Å². The first-order valence-electron chi connectivity index (χ1n) is 4.66. The highest BCUT2D eigenvalue weighted by molar-refractivity contribution is 7.73. The average molecular weight is 244 g/mol. The Morgan fingerprint density at radius 2 is 2.12 bits per heavy atom. The van der Waals surface area contributed by atoms with Crippen LogP contribution in [-0.2, 0) is 19.8 Å². The molecule has 0 saturated carbocycles. The fourth-order valence-corrected chi connectivity index (χ4v) is 1.86. The summed E-state index contributed by atoms with van der Waals surface area (Å²) in [4.78, 5) is 10.9. The lowest BCUT2D eigenvalue weighted by molar-refractivity contribution is -0.133. The maximum absolute atomic E-state index is 10.9. The van der Waals surface area contributed by atoms with Crippen LogP contribution < -0.4 is 0 Å². The van der Waals surface area contributed by atoms with Gasteiger partial charge in [-0.2, -0.15) is 8.42 Å². The van der Waals surface area contributed by atoms with Gasteiger partial charge in [0.25, 0.3) is 0 Å². The van der Waals surface area contributed by atoms with Gasteiger partial charge in [-0.25, -0.2) is 4.79 Å². The van der Waals surface area contributed by atoms with Crippen LogP contribution in [0.15, 0.2) is 23.8 Å². The molecule has 0 radical (unpaired) electrons. The van der Waals surface area contributed by atoms with Gasteiger partial charge in [0.15, 0.2) is 0 Å². The second-order valence-corrected chi connectivity index (χ2v) is 4.43. The van der Waals surface area contributed by atoms with Gasteiger partial charge in [-0.15, -0.1) is 0 Å². The van der Waals surface area contributed by atoms with Crippen molar-refractivity contribution in [1.82, 2.24) is 0 Å². The maximum atomic E-state index is 10.9. The van der Waals surface area contributed by atoms with Crippen molar-refractivity contribution >= 4 is 21.1 Å². The summed E-state index contributed by atoms with van der Waals surface area (Å²) in [6.45, 7) is 3.42. The van der Waals surface area contributed by atoms with Crippen molar-refractivity contribution in [3.63, 3.8) is 0 Å². The minimum absolute atomic E-state index is 0.0615. The molecule has 0 saturated heterocycles. The molecule has 0 aromatic heterocycles. The predicted molar refractivity (Wildman–Crippen MR) is 58.8 cm³/mol. The van der Waals surface area contributed by atoms with Crippen LogP contribution >= 0.6 is 0 Å². The Labute approximate surface area is 94.6 Å². The highest BCUT2D eigenvalue weighted by Gasteiger charge is 2.28. The smallest absolute Gasteiger partial charge is 0.334 e. The molecule has 6 heteroatoms. The maximum Gasteiger partial charge on any atom is 0.334 e. The largest absolute Gasteiger partial charge is 0.478 e. The first kappa shape index (κ1) is 12.7. The van der Waals surface area contributed by atoms with E-state index in [0.717, 1.165) is 0 Å². The van der Waals surface area contributed by atoms with Crippen molar-refractivity contribution in [3.8, 4) is 0 Å². The number of carboxylic acids is 1. The zero-order valence-electron chi connectivity index (χ0n) is 8.88. The number of rotatable bonds is 3. The molecule has 1 aliphatic carbocycles. The standard InChI is InChI=1S/C10H12O5S/c1-6(2)15-9-7(10(11)12)4-3-5-8(9)16(13)14/h3-6,9H,1-2H3,(H,11,12). The van der Waals surface area contributed by atoms with Crippen molar-refractivity contribution in [1.29, 1.82) is 0 Å². The fourth-order valence-electron chi connectivity index (χ4n) is 1.31. The van der Waals surface area contributed by atoms with E-state index in [9.17, 15) is 13.2 Å². The molecular formula is C10H12O5S. The lowest BCUT2D eigenvalue weighted by Gasteiger charge is -2.21. The summed E-state index contributed by atoms with van der Waals surface area (Å²) in [7, 11) is -2.49. The number of carboxylic acid groups (broad SMARTS) is 1. The van der Waals surface area contributed by atoms with Gasteiger partial charge >= 0.3 is 5.97 Å². The Balaban J connectivity index is 3.20. The molecule has 0 bridgehead atoms. The molecule has 0 fully saturated rings. The third-order valence-corrected chi connectivity index (χ3v) is 2.66. The van der Waals surface area contributed by atoms with E-state index in [-0.39, 0.29) is 16.5 Å². The monoisotopic (exact) mass is 244 g/mol. The van der Waals surface area contributed by atoms with Crippen LogP contribution in [0.2, 0.25) is 0 Å². The highest BCUT2D eigenvalue weighted by Crippen LogP contribution is 2.16. The summed E-state index contributed by atoms with van der Waals surface area (Å²) in [5, 5.41) is 8.92. The van der Waals surface area contributed by atoms with Crippen molar-refractivity contribution in [3.05, 3.63) is 23.8 Å². The lowest BCUT2D eigenvalue weighted by atomic mass is 10.0. The van der Waals surface area contributed by atoms with E-state index in [0.29, 0.717) is 0 Å². The van der Waals surface area contributed by atoms with Crippen LogP contribution in [0.4, 0.5) is 0 Å². The Morgan fingerprint density at radius 1 is 1.50 bits per heavy atom. The third kappa shape index (κ3) is 2.80. The molecule has 0 aromatic carbocycles. The van der Waals surface area contributed by atoms with E-state index in [1.807, 2.05) is 0 Å². The summed E-state index contributed by atoms with van der Waals surface area (Å²) in [5.41, 5.74) is -0.0737. The minimum Gasteiger partial charge on any atom is -0.478 e. The quantitative estimate of drug-likeness (QED) is 0.727. The molecule has 0 spiro atoms. The van der Waals surface area contributed by atoms with E-state index < -0.39 is 22.4 Å². The topological polar surface area (TPSA) is 80.7 Å².